The zero-order valence-electron chi connectivity index (χ0n) is 16.2. The fraction of sp³-hybridized carbons (Fsp3) is 0.429. The largest absolute Gasteiger partial charge is 0.490 e. The molecule has 0 saturated heterocycles. The fourth-order valence-electron chi connectivity index (χ4n) is 2.39. The van der Waals surface area contributed by atoms with E-state index in [2.05, 4.69) is 61.5 Å². The van der Waals surface area contributed by atoms with Crippen LogP contribution in [0.4, 0.5) is 0 Å². The number of nitrogens with one attached hydrogen (secondary N) is 2. The van der Waals surface area contributed by atoms with Gasteiger partial charge in [0.2, 0.25) is 0 Å². The van der Waals surface area contributed by atoms with E-state index in [1.165, 1.54) is 5.56 Å². The molecule has 2 rings (SSSR count). The third-order valence-corrected chi connectivity index (χ3v) is 4.04. The van der Waals surface area contributed by atoms with E-state index in [4.69, 9.17) is 9.73 Å². The average molecular weight is 354 g/mol. The molecule has 0 fully saturated rings. The Kier molecular flexibility index (Phi) is 7.93. The molecule has 0 aliphatic heterocycles. The third kappa shape index (κ3) is 6.39. The molecule has 0 aliphatic rings. The summed E-state index contributed by atoms with van der Waals surface area (Å²) >= 11 is 0. The van der Waals surface area contributed by atoms with Crippen LogP contribution in [0, 0.1) is 6.92 Å². The Hall–Kier alpha value is -2.56. The van der Waals surface area contributed by atoms with Gasteiger partial charge in [0.1, 0.15) is 5.75 Å². The van der Waals surface area contributed by atoms with Crippen molar-refractivity contribution < 1.29 is 4.74 Å². The first-order valence-electron chi connectivity index (χ1n) is 9.30. The molecule has 0 amide bonds. The number of pyridine rings is 1. The molecule has 2 N–H and O–H groups in total. The molecular weight excluding hydrogens is 324 g/mol. The lowest BCUT2D eigenvalue weighted by Crippen LogP contribution is -2.37. The summed E-state index contributed by atoms with van der Waals surface area (Å²) in [4.78, 5) is 9.04. The minimum Gasteiger partial charge on any atom is -0.490 e. The highest BCUT2D eigenvalue weighted by Gasteiger charge is 2.08. The summed E-state index contributed by atoms with van der Waals surface area (Å²) in [5, 5.41) is 6.60. The monoisotopic (exact) mass is 354 g/mol. The van der Waals surface area contributed by atoms with Crippen LogP contribution >= 0.6 is 0 Å². The summed E-state index contributed by atoms with van der Waals surface area (Å²) in [6, 6.07) is 12.2. The SMILES string of the molecule is CCNC(=NCc1ccc(C)cc1OC(C)CC)NCc1ccccn1. The lowest BCUT2D eigenvalue weighted by Gasteiger charge is -2.17. The molecule has 5 heteroatoms. The lowest BCUT2D eigenvalue weighted by atomic mass is 10.1. The molecule has 1 aromatic carbocycles. The number of aliphatic imine (C=N–C) groups is 1. The van der Waals surface area contributed by atoms with E-state index in [-0.39, 0.29) is 6.10 Å². The normalized spacial score (nSPS) is 12.5. The molecule has 1 heterocycles. The first-order valence-corrected chi connectivity index (χ1v) is 9.30. The van der Waals surface area contributed by atoms with E-state index >= 15 is 0 Å². The van der Waals surface area contributed by atoms with Gasteiger partial charge in [-0.25, -0.2) is 4.99 Å². The van der Waals surface area contributed by atoms with E-state index in [9.17, 15) is 0 Å². The number of aromatic nitrogens is 1. The van der Waals surface area contributed by atoms with Crippen molar-refractivity contribution in [2.75, 3.05) is 6.54 Å². The summed E-state index contributed by atoms with van der Waals surface area (Å²) in [6.45, 7) is 10.4. The molecule has 0 saturated carbocycles. The quantitative estimate of drug-likeness (QED) is 0.559. The van der Waals surface area contributed by atoms with Gasteiger partial charge in [-0.2, -0.15) is 0 Å². The van der Waals surface area contributed by atoms with Crippen molar-refractivity contribution in [3.8, 4) is 5.75 Å². The van der Waals surface area contributed by atoms with Gasteiger partial charge in [-0.15, -0.1) is 0 Å². The van der Waals surface area contributed by atoms with E-state index < -0.39 is 0 Å². The maximum Gasteiger partial charge on any atom is 0.191 e. The summed E-state index contributed by atoms with van der Waals surface area (Å²) in [5.74, 6) is 1.69. The molecule has 0 aliphatic carbocycles. The second kappa shape index (κ2) is 10.4. The Morgan fingerprint density at radius 1 is 1.19 bits per heavy atom. The summed E-state index contributed by atoms with van der Waals surface area (Å²) in [7, 11) is 0. The van der Waals surface area contributed by atoms with Gasteiger partial charge in [-0.05, 0) is 51.0 Å². The van der Waals surface area contributed by atoms with Crippen LogP contribution in [0.15, 0.2) is 47.6 Å². The number of nitrogens with zero attached hydrogens (tertiary/aromatic N) is 2. The van der Waals surface area contributed by atoms with E-state index in [0.29, 0.717) is 13.1 Å². The van der Waals surface area contributed by atoms with Crippen molar-refractivity contribution >= 4 is 5.96 Å². The molecule has 1 unspecified atom stereocenters. The Morgan fingerprint density at radius 3 is 2.73 bits per heavy atom. The van der Waals surface area contributed by atoms with Gasteiger partial charge in [0, 0.05) is 18.3 Å². The standard InChI is InChI=1S/C21H30N4O/c1-5-17(4)26-20-13-16(3)10-11-18(20)14-24-21(22-6-2)25-15-19-9-7-8-12-23-19/h7-13,17H,5-6,14-15H2,1-4H3,(H2,22,24,25). The fourth-order valence-corrected chi connectivity index (χ4v) is 2.39. The molecule has 0 bridgehead atoms. The highest BCUT2D eigenvalue weighted by Crippen LogP contribution is 2.23. The van der Waals surface area contributed by atoms with Crippen LogP contribution in [0.25, 0.3) is 0 Å². The van der Waals surface area contributed by atoms with Gasteiger partial charge in [0.05, 0.1) is 24.9 Å². The molecule has 1 aromatic heterocycles. The van der Waals surface area contributed by atoms with Gasteiger partial charge < -0.3 is 15.4 Å². The van der Waals surface area contributed by atoms with Gasteiger partial charge in [0.25, 0.3) is 0 Å². The number of hydrogen-bond donors (Lipinski definition) is 2. The van der Waals surface area contributed by atoms with Crippen molar-refractivity contribution in [1.82, 2.24) is 15.6 Å². The highest BCUT2D eigenvalue weighted by atomic mass is 16.5. The Balaban J connectivity index is 2.08. The number of guanidine groups is 1. The molecule has 26 heavy (non-hydrogen) atoms. The molecule has 2 aromatic rings. The smallest absolute Gasteiger partial charge is 0.191 e. The zero-order chi connectivity index (χ0) is 18.8. The predicted octanol–water partition coefficient (Wildman–Crippen LogP) is 3.82. The molecule has 140 valence electrons. The van der Waals surface area contributed by atoms with E-state index in [1.54, 1.807) is 6.20 Å². The Morgan fingerprint density at radius 2 is 2.04 bits per heavy atom. The Bertz CT molecular complexity index is 700. The molecule has 0 spiro atoms. The minimum atomic E-state index is 0.190. The van der Waals surface area contributed by atoms with Crippen LogP contribution in [0.2, 0.25) is 0 Å². The average Bonchev–Trinajstić information content (AvgIpc) is 2.66. The number of rotatable bonds is 8. The number of benzene rings is 1. The van der Waals surface area contributed by atoms with Crippen molar-refractivity contribution in [1.29, 1.82) is 0 Å². The van der Waals surface area contributed by atoms with Crippen LogP contribution in [0.5, 0.6) is 5.75 Å². The van der Waals surface area contributed by atoms with Crippen LogP contribution in [0.1, 0.15) is 44.0 Å². The molecular formula is C21H30N4O. The van der Waals surface area contributed by atoms with Crippen LogP contribution in [0.3, 0.4) is 0 Å². The van der Waals surface area contributed by atoms with Crippen molar-refractivity contribution in [3.05, 3.63) is 59.4 Å². The van der Waals surface area contributed by atoms with Crippen molar-refractivity contribution in [3.63, 3.8) is 0 Å². The summed E-state index contributed by atoms with van der Waals surface area (Å²) in [6.07, 6.45) is 2.96. The lowest BCUT2D eigenvalue weighted by molar-refractivity contribution is 0.215. The van der Waals surface area contributed by atoms with Crippen LogP contribution in [-0.2, 0) is 13.1 Å². The molecule has 1 atom stereocenters. The van der Waals surface area contributed by atoms with Crippen molar-refractivity contribution in [2.24, 2.45) is 4.99 Å². The summed E-state index contributed by atoms with van der Waals surface area (Å²) < 4.78 is 6.08. The van der Waals surface area contributed by atoms with E-state index in [1.807, 2.05) is 18.2 Å². The van der Waals surface area contributed by atoms with Gasteiger partial charge in [-0.3, -0.25) is 4.98 Å². The highest BCUT2D eigenvalue weighted by molar-refractivity contribution is 5.79. The van der Waals surface area contributed by atoms with Gasteiger partial charge in [-0.1, -0.05) is 25.1 Å². The second-order valence-electron chi connectivity index (χ2n) is 6.32. The zero-order valence-corrected chi connectivity index (χ0v) is 16.2. The second-order valence-corrected chi connectivity index (χ2v) is 6.32. The first kappa shape index (κ1) is 19.8. The Labute approximate surface area is 156 Å². The molecule has 0 radical (unpaired) electrons. The van der Waals surface area contributed by atoms with Crippen LogP contribution < -0.4 is 15.4 Å². The number of ether oxygens (including phenoxy) is 1. The maximum atomic E-state index is 6.08. The maximum absolute atomic E-state index is 6.08. The van der Waals surface area contributed by atoms with Gasteiger partial charge >= 0.3 is 0 Å². The van der Waals surface area contributed by atoms with Gasteiger partial charge in [0.15, 0.2) is 5.96 Å². The number of aryl methyl sites for hydroxylation is 1. The van der Waals surface area contributed by atoms with Crippen LogP contribution in [-0.4, -0.2) is 23.6 Å². The summed E-state index contributed by atoms with van der Waals surface area (Å²) in [5.41, 5.74) is 3.26. The predicted molar refractivity (Wildman–Crippen MR) is 107 cm³/mol. The molecule has 5 nitrogen and oxygen atoms in total. The third-order valence-electron chi connectivity index (χ3n) is 4.04. The number of hydrogen-bond acceptors (Lipinski definition) is 3. The first-order chi connectivity index (χ1) is 12.6. The minimum absolute atomic E-state index is 0.190. The topological polar surface area (TPSA) is 58.5 Å². The van der Waals surface area contributed by atoms with Crippen molar-refractivity contribution in [2.45, 2.75) is 53.3 Å². The van der Waals surface area contributed by atoms with E-state index in [0.717, 1.165) is 35.9 Å².